The monoisotopic (exact) mass is 270 g/mol. The fourth-order valence-electron chi connectivity index (χ4n) is 3.30. The molecule has 1 aliphatic heterocycles. The van der Waals surface area contributed by atoms with Gasteiger partial charge in [0.15, 0.2) is 0 Å². The van der Waals surface area contributed by atoms with Crippen molar-refractivity contribution in [1.29, 1.82) is 0 Å². The lowest BCUT2D eigenvalue weighted by Crippen LogP contribution is -2.31. The van der Waals surface area contributed by atoms with Crippen LogP contribution in [0, 0.1) is 5.41 Å². The standard InChI is InChI=1S/C17H22N2O/c1-3-17(4-2)8-10-19(12-17)16(20)14-6-5-13-7-9-18-15(13)11-14/h5-7,9,11,18H,3-4,8,10,12H2,1-2H3. The van der Waals surface area contributed by atoms with E-state index in [-0.39, 0.29) is 5.91 Å². The minimum absolute atomic E-state index is 0.172. The highest BCUT2D eigenvalue weighted by molar-refractivity contribution is 5.98. The van der Waals surface area contributed by atoms with E-state index >= 15 is 0 Å². The molecule has 1 aromatic carbocycles. The van der Waals surface area contributed by atoms with E-state index in [1.165, 1.54) is 0 Å². The molecule has 0 spiro atoms. The second-order valence-corrected chi connectivity index (χ2v) is 5.96. The molecule has 0 radical (unpaired) electrons. The van der Waals surface area contributed by atoms with Gasteiger partial charge in [-0.15, -0.1) is 0 Å². The van der Waals surface area contributed by atoms with Crippen LogP contribution < -0.4 is 0 Å². The summed E-state index contributed by atoms with van der Waals surface area (Å²) in [5.74, 6) is 0.172. The number of hydrogen-bond acceptors (Lipinski definition) is 1. The Balaban J connectivity index is 1.82. The number of nitrogens with one attached hydrogen (secondary N) is 1. The predicted molar refractivity (Wildman–Crippen MR) is 81.8 cm³/mol. The van der Waals surface area contributed by atoms with Crippen molar-refractivity contribution in [2.75, 3.05) is 13.1 Å². The fourth-order valence-corrected chi connectivity index (χ4v) is 3.30. The van der Waals surface area contributed by atoms with E-state index in [1.54, 1.807) is 0 Å². The molecule has 106 valence electrons. The van der Waals surface area contributed by atoms with Crippen LogP contribution in [0.5, 0.6) is 0 Å². The number of H-pyrrole nitrogens is 1. The zero-order valence-corrected chi connectivity index (χ0v) is 12.3. The highest BCUT2D eigenvalue weighted by Gasteiger charge is 2.37. The maximum Gasteiger partial charge on any atom is 0.253 e. The maximum absolute atomic E-state index is 12.6. The average Bonchev–Trinajstić information content (AvgIpc) is 3.13. The first-order valence-corrected chi connectivity index (χ1v) is 7.54. The summed E-state index contributed by atoms with van der Waals surface area (Å²) in [5, 5.41) is 1.15. The number of carbonyl (C=O) groups is 1. The number of hydrogen-bond donors (Lipinski definition) is 1. The van der Waals surface area contributed by atoms with Gasteiger partial charge in [-0.1, -0.05) is 19.9 Å². The van der Waals surface area contributed by atoms with Crippen LogP contribution in [-0.2, 0) is 0 Å². The summed E-state index contributed by atoms with van der Waals surface area (Å²) in [7, 11) is 0. The Morgan fingerprint density at radius 1 is 1.30 bits per heavy atom. The summed E-state index contributed by atoms with van der Waals surface area (Å²) >= 11 is 0. The number of aromatic nitrogens is 1. The third-order valence-electron chi connectivity index (χ3n) is 5.03. The van der Waals surface area contributed by atoms with E-state index in [0.717, 1.165) is 48.8 Å². The van der Waals surface area contributed by atoms with Crippen molar-refractivity contribution >= 4 is 16.8 Å². The summed E-state index contributed by atoms with van der Waals surface area (Å²) in [5.41, 5.74) is 2.17. The molecule has 2 heterocycles. The Kier molecular flexibility index (Phi) is 3.28. The lowest BCUT2D eigenvalue weighted by atomic mass is 9.82. The molecule has 1 aromatic heterocycles. The zero-order chi connectivity index (χ0) is 14.2. The Morgan fingerprint density at radius 3 is 2.80 bits per heavy atom. The molecule has 0 atom stereocenters. The molecule has 1 N–H and O–H groups in total. The van der Waals surface area contributed by atoms with Crippen LogP contribution in [0.3, 0.4) is 0 Å². The molecule has 3 nitrogen and oxygen atoms in total. The third kappa shape index (κ3) is 2.11. The van der Waals surface area contributed by atoms with Crippen molar-refractivity contribution in [3.63, 3.8) is 0 Å². The van der Waals surface area contributed by atoms with Crippen LogP contribution >= 0.6 is 0 Å². The first-order valence-electron chi connectivity index (χ1n) is 7.54. The fraction of sp³-hybridized carbons (Fsp3) is 0.471. The molecule has 0 bridgehead atoms. The number of benzene rings is 1. The summed E-state index contributed by atoms with van der Waals surface area (Å²) in [6, 6.07) is 7.95. The van der Waals surface area contributed by atoms with Crippen molar-refractivity contribution < 1.29 is 4.79 Å². The van der Waals surface area contributed by atoms with Crippen molar-refractivity contribution in [2.45, 2.75) is 33.1 Å². The molecule has 0 saturated carbocycles. The smallest absolute Gasteiger partial charge is 0.253 e. The van der Waals surface area contributed by atoms with Gasteiger partial charge in [-0.2, -0.15) is 0 Å². The molecular formula is C17H22N2O. The van der Waals surface area contributed by atoms with Crippen LogP contribution in [0.2, 0.25) is 0 Å². The van der Waals surface area contributed by atoms with E-state index in [4.69, 9.17) is 0 Å². The summed E-state index contributed by atoms with van der Waals surface area (Å²) < 4.78 is 0. The maximum atomic E-state index is 12.6. The zero-order valence-electron chi connectivity index (χ0n) is 12.3. The number of carbonyl (C=O) groups excluding carboxylic acids is 1. The number of aromatic amines is 1. The van der Waals surface area contributed by atoms with Crippen molar-refractivity contribution in [3.8, 4) is 0 Å². The van der Waals surface area contributed by atoms with Crippen LogP contribution in [0.4, 0.5) is 0 Å². The molecule has 1 amide bonds. The number of fused-ring (bicyclic) bond motifs is 1. The van der Waals surface area contributed by atoms with Crippen LogP contribution in [0.1, 0.15) is 43.5 Å². The second-order valence-electron chi connectivity index (χ2n) is 5.96. The van der Waals surface area contributed by atoms with Crippen LogP contribution in [-0.4, -0.2) is 28.9 Å². The van der Waals surface area contributed by atoms with Crippen molar-refractivity contribution in [3.05, 3.63) is 36.0 Å². The number of rotatable bonds is 3. The van der Waals surface area contributed by atoms with Gasteiger partial charge >= 0.3 is 0 Å². The van der Waals surface area contributed by atoms with Gasteiger partial charge in [0.25, 0.3) is 5.91 Å². The van der Waals surface area contributed by atoms with Crippen molar-refractivity contribution in [2.24, 2.45) is 5.41 Å². The van der Waals surface area contributed by atoms with E-state index < -0.39 is 0 Å². The summed E-state index contributed by atoms with van der Waals surface area (Å²) in [4.78, 5) is 17.8. The molecule has 1 fully saturated rings. The second kappa shape index (κ2) is 4.97. The van der Waals surface area contributed by atoms with E-state index in [9.17, 15) is 4.79 Å². The molecule has 20 heavy (non-hydrogen) atoms. The molecule has 3 rings (SSSR count). The Morgan fingerprint density at radius 2 is 2.10 bits per heavy atom. The molecular weight excluding hydrogens is 248 g/mol. The largest absolute Gasteiger partial charge is 0.361 e. The lowest BCUT2D eigenvalue weighted by Gasteiger charge is -2.26. The van der Waals surface area contributed by atoms with Crippen molar-refractivity contribution in [1.82, 2.24) is 9.88 Å². The Bertz CT molecular complexity index is 625. The van der Waals surface area contributed by atoms with Gasteiger partial charge in [0.1, 0.15) is 0 Å². The van der Waals surface area contributed by atoms with Gasteiger partial charge < -0.3 is 9.88 Å². The Labute approximate surface area is 120 Å². The third-order valence-corrected chi connectivity index (χ3v) is 5.03. The highest BCUT2D eigenvalue weighted by Crippen LogP contribution is 2.37. The lowest BCUT2D eigenvalue weighted by molar-refractivity contribution is 0.0770. The topological polar surface area (TPSA) is 36.1 Å². The van der Waals surface area contributed by atoms with Gasteiger partial charge in [0.2, 0.25) is 0 Å². The molecule has 2 aromatic rings. The van der Waals surface area contributed by atoms with Gasteiger partial charge in [-0.3, -0.25) is 4.79 Å². The minimum atomic E-state index is 0.172. The van der Waals surface area contributed by atoms with Gasteiger partial charge in [0, 0.05) is 30.4 Å². The average molecular weight is 270 g/mol. The molecule has 0 aliphatic carbocycles. The molecule has 1 aliphatic rings. The molecule has 0 unspecified atom stereocenters. The number of amides is 1. The molecule has 3 heteroatoms. The summed E-state index contributed by atoms with van der Waals surface area (Å²) in [6.07, 6.45) is 5.36. The predicted octanol–water partition coefficient (Wildman–Crippen LogP) is 3.82. The van der Waals surface area contributed by atoms with Gasteiger partial charge in [-0.25, -0.2) is 0 Å². The molecule has 1 saturated heterocycles. The van der Waals surface area contributed by atoms with E-state index in [0.29, 0.717) is 5.41 Å². The van der Waals surface area contributed by atoms with Gasteiger partial charge in [0.05, 0.1) is 0 Å². The minimum Gasteiger partial charge on any atom is -0.361 e. The van der Waals surface area contributed by atoms with Crippen LogP contribution in [0.25, 0.3) is 10.9 Å². The number of likely N-dealkylation sites (tertiary alicyclic amines) is 1. The highest BCUT2D eigenvalue weighted by atomic mass is 16.2. The SMILES string of the molecule is CCC1(CC)CCN(C(=O)c2ccc3cc[nH]c3c2)C1. The quantitative estimate of drug-likeness (QED) is 0.904. The first kappa shape index (κ1) is 13.2. The Hall–Kier alpha value is -1.77. The van der Waals surface area contributed by atoms with Gasteiger partial charge in [-0.05, 0) is 48.3 Å². The van der Waals surface area contributed by atoms with Crippen LogP contribution in [0.15, 0.2) is 30.5 Å². The van der Waals surface area contributed by atoms with E-state index in [2.05, 4.69) is 18.8 Å². The first-order chi connectivity index (χ1) is 9.67. The van der Waals surface area contributed by atoms with E-state index in [1.807, 2.05) is 35.4 Å². The summed E-state index contributed by atoms with van der Waals surface area (Å²) in [6.45, 7) is 6.27. The normalized spacial score (nSPS) is 17.8. The number of nitrogens with zero attached hydrogens (tertiary/aromatic N) is 1.